The van der Waals surface area contributed by atoms with Crippen LogP contribution in [0.15, 0.2) is 18.2 Å². The molecule has 0 aliphatic carbocycles. The van der Waals surface area contributed by atoms with E-state index in [0.29, 0.717) is 11.2 Å². The second-order valence-corrected chi connectivity index (χ2v) is 5.99. The summed E-state index contributed by atoms with van der Waals surface area (Å²) in [6.07, 6.45) is -2.54. The van der Waals surface area contributed by atoms with Crippen LogP contribution in [0.3, 0.4) is 0 Å². The summed E-state index contributed by atoms with van der Waals surface area (Å²) >= 11 is 0. The van der Waals surface area contributed by atoms with E-state index >= 15 is 0 Å². The molecule has 1 N–H and O–H groups in total. The lowest BCUT2D eigenvalue weighted by Crippen LogP contribution is -2.41. The first-order valence-corrected chi connectivity index (χ1v) is 6.63. The smallest absolute Gasteiger partial charge is 0.399 e. The van der Waals surface area contributed by atoms with Gasteiger partial charge in [0, 0.05) is 18.3 Å². The molecule has 0 radical (unpaired) electrons. The van der Waals surface area contributed by atoms with Gasteiger partial charge >= 0.3 is 7.12 Å². The third-order valence-corrected chi connectivity index (χ3v) is 4.11. The van der Waals surface area contributed by atoms with E-state index in [2.05, 4.69) is 5.32 Å². The zero-order chi connectivity index (χ0) is 15.1. The molecular formula is C14H21BClF2NO2. The number of anilines is 1. The van der Waals surface area contributed by atoms with Crippen molar-refractivity contribution in [1.82, 2.24) is 0 Å². The molecule has 1 aromatic carbocycles. The van der Waals surface area contributed by atoms with Crippen LogP contribution in [0, 0.1) is 0 Å². The molecule has 1 aliphatic heterocycles. The molecular weight excluding hydrogens is 298 g/mol. The summed E-state index contributed by atoms with van der Waals surface area (Å²) in [5.41, 5.74) is 0.0206. The Bertz CT molecular complexity index is 496. The predicted octanol–water partition coefficient (Wildman–Crippen LogP) is 3.39. The Balaban J connectivity index is 0.00000220. The van der Waals surface area contributed by atoms with E-state index < -0.39 is 24.7 Å². The fraction of sp³-hybridized carbons (Fsp3) is 0.571. The minimum Gasteiger partial charge on any atom is -0.399 e. The normalized spacial score (nSPS) is 19.5. The van der Waals surface area contributed by atoms with Gasteiger partial charge in [-0.15, -0.1) is 12.4 Å². The third kappa shape index (κ3) is 3.33. The van der Waals surface area contributed by atoms with Gasteiger partial charge in [-0.3, -0.25) is 0 Å². The first-order valence-electron chi connectivity index (χ1n) is 6.63. The van der Waals surface area contributed by atoms with Crippen molar-refractivity contribution in [2.24, 2.45) is 0 Å². The van der Waals surface area contributed by atoms with Gasteiger partial charge in [0.05, 0.1) is 11.2 Å². The number of rotatable bonds is 3. The minimum atomic E-state index is -2.54. The van der Waals surface area contributed by atoms with Gasteiger partial charge in [0.15, 0.2) is 0 Å². The highest BCUT2D eigenvalue weighted by atomic mass is 35.5. The SMILES string of the molecule is CNc1ccc(B2OC(C)(C)C(C)(C)O2)cc1C(F)F.Cl. The van der Waals surface area contributed by atoms with Gasteiger partial charge in [-0.05, 0) is 39.2 Å². The topological polar surface area (TPSA) is 30.5 Å². The highest BCUT2D eigenvalue weighted by Gasteiger charge is 2.51. The van der Waals surface area contributed by atoms with Crippen LogP contribution in [0.5, 0.6) is 0 Å². The van der Waals surface area contributed by atoms with E-state index in [1.165, 1.54) is 6.07 Å². The van der Waals surface area contributed by atoms with Gasteiger partial charge in [0.2, 0.25) is 0 Å². The Hall–Kier alpha value is -0.845. The monoisotopic (exact) mass is 319 g/mol. The van der Waals surface area contributed by atoms with Gasteiger partial charge in [0.1, 0.15) is 0 Å². The van der Waals surface area contributed by atoms with Crippen molar-refractivity contribution in [3.05, 3.63) is 23.8 Å². The summed E-state index contributed by atoms with van der Waals surface area (Å²) in [5.74, 6) is 0. The summed E-state index contributed by atoms with van der Waals surface area (Å²) in [6, 6.07) is 4.82. The van der Waals surface area contributed by atoms with Crippen molar-refractivity contribution in [1.29, 1.82) is 0 Å². The van der Waals surface area contributed by atoms with E-state index in [0.717, 1.165) is 0 Å². The number of alkyl halides is 2. The Kier molecular flexibility index (Phi) is 5.29. The van der Waals surface area contributed by atoms with Crippen LogP contribution >= 0.6 is 12.4 Å². The highest BCUT2D eigenvalue weighted by molar-refractivity contribution is 6.62. The fourth-order valence-electron chi connectivity index (χ4n) is 2.12. The lowest BCUT2D eigenvalue weighted by atomic mass is 9.78. The predicted molar refractivity (Wildman–Crippen MR) is 83.9 cm³/mol. The van der Waals surface area contributed by atoms with Crippen molar-refractivity contribution in [3.8, 4) is 0 Å². The second-order valence-electron chi connectivity index (χ2n) is 5.99. The van der Waals surface area contributed by atoms with E-state index in [1.807, 2.05) is 27.7 Å². The molecule has 1 saturated heterocycles. The molecule has 7 heteroatoms. The molecule has 0 bridgehead atoms. The molecule has 1 fully saturated rings. The van der Waals surface area contributed by atoms with Gasteiger partial charge in [0.25, 0.3) is 6.43 Å². The molecule has 21 heavy (non-hydrogen) atoms. The molecule has 2 rings (SSSR count). The molecule has 0 atom stereocenters. The zero-order valence-electron chi connectivity index (χ0n) is 12.9. The van der Waals surface area contributed by atoms with Crippen molar-refractivity contribution in [3.63, 3.8) is 0 Å². The molecule has 0 amide bonds. The average Bonchev–Trinajstić information content (AvgIpc) is 2.57. The first kappa shape index (κ1) is 18.2. The molecule has 0 saturated carbocycles. The maximum Gasteiger partial charge on any atom is 0.494 e. The number of benzene rings is 1. The molecule has 0 aromatic heterocycles. The van der Waals surface area contributed by atoms with E-state index in [-0.39, 0.29) is 18.0 Å². The van der Waals surface area contributed by atoms with Gasteiger partial charge in [-0.25, -0.2) is 8.78 Å². The van der Waals surface area contributed by atoms with Crippen molar-refractivity contribution < 1.29 is 18.1 Å². The summed E-state index contributed by atoms with van der Waals surface area (Å²) < 4.78 is 37.9. The average molecular weight is 320 g/mol. The van der Waals surface area contributed by atoms with E-state index in [9.17, 15) is 8.78 Å². The van der Waals surface area contributed by atoms with Crippen LogP contribution in [0.2, 0.25) is 0 Å². The highest BCUT2D eigenvalue weighted by Crippen LogP contribution is 2.37. The standard InChI is InChI=1S/C14H20BF2NO2.ClH/c1-13(2)14(3,4)20-15(19-13)9-6-7-11(18-5)10(8-9)12(16)17;/h6-8,12,18H,1-5H3;1H. The molecule has 0 unspecified atom stereocenters. The van der Waals surface area contributed by atoms with Gasteiger partial charge < -0.3 is 14.6 Å². The lowest BCUT2D eigenvalue weighted by molar-refractivity contribution is 0.00578. The number of nitrogens with one attached hydrogen (secondary N) is 1. The zero-order valence-corrected chi connectivity index (χ0v) is 13.7. The van der Waals surface area contributed by atoms with Gasteiger partial charge in [-0.2, -0.15) is 0 Å². The summed E-state index contributed by atoms with van der Waals surface area (Å²) in [7, 11) is 0.999. The molecule has 1 heterocycles. The molecule has 1 aromatic rings. The molecule has 0 spiro atoms. The molecule has 118 valence electrons. The lowest BCUT2D eigenvalue weighted by Gasteiger charge is -2.32. The summed E-state index contributed by atoms with van der Waals surface area (Å²) in [5, 5.41) is 2.77. The first-order chi connectivity index (χ1) is 9.18. The minimum absolute atomic E-state index is 0. The molecule has 1 aliphatic rings. The maximum atomic E-state index is 13.1. The largest absolute Gasteiger partial charge is 0.494 e. The van der Waals surface area contributed by atoms with E-state index in [4.69, 9.17) is 9.31 Å². The van der Waals surface area contributed by atoms with Crippen LogP contribution in [-0.2, 0) is 9.31 Å². The third-order valence-electron chi connectivity index (χ3n) is 4.11. The van der Waals surface area contributed by atoms with Crippen molar-refractivity contribution in [2.45, 2.75) is 45.3 Å². The van der Waals surface area contributed by atoms with Crippen LogP contribution < -0.4 is 10.8 Å². The summed E-state index contributed by atoms with van der Waals surface area (Å²) in [6.45, 7) is 7.73. The number of hydrogen-bond donors (Lipinski definition) is 1. The van der Waals surface area contributed by atoms with Crippen LogP contribution in [0.25, 0.3) is 0 Å². The Morgan fingerprint density at radius 3 is 2.05 bits per heavy atom. The van der Waals surface area contributed by atoms with Crippen LogP contribution in [0.1, 0.15) is 39.7 Å². The summed E-state index contributed by atoms with van der Waals surface area (Å²) in [4.78, 5) is 0. The van der Waals surface area contributed by atoms with Gasteiger partial charge in [-0.1, -0.05) is 12.1 Å². The Labute approximate surface area is 130 Å². The van der Waals surface area contributed by atoms with Crippen molar-refractivity contribution >= 4 is 30.7 Å². The number of hydrogen-bond acceptors (Lipinski definition) is 3. The Morgan fingerprint density at radius 1 is 1.10 bits per heavy atom. The fourth-order valence-corrected chi connectivity index (χ4v) is 2.12. The van der Waals surface area contributed by atoms with Crippen LogP contribution in [-0.4, -0.2) is 25.4 Å². The maximum absolute atomic E-state index is 13.1. The Morgan fingerprint density at radius 2 is 1.62 bits per heavy atom. The quantitative estimate of drug-likeness (QED) is 0.866. The second kappa shape index (κ2) is 6.11. The molecule has 3 nitrogen and oxygen atoms in total. The van der Waals surface area contributed by atoms with Crippen LogP contribution in [0.4, 0.5) is 14.5 Å². The van der Waals surface area contributed by atoms with E-state index in [1.54, 1.807) is 19.2 Å². The van der Waals surface area contributed by atoms with Crippen molar-refractivity contribution in [2.75, 3.05) is 12.4 Å². The number of halogens is 3.